The van der Waals surface area contributed by atoms with E-state index in [0.29, 0.717) is 19.3 Å². The molecule has 6 nitrogen and oxygen atoms in total. The summed E-state index contributed by atoms with van der Waals surface area (Å²) in [6, 6.07) is -0.255. The first kappa shape index (κ1) is 15.5. The fourth-order valence-corrected chi connectivity index (χ4v) is 1.98. The molecule has 6 heteroatoms. The number of ether oxygens (including phenoxy) is 2. The van der Waals surface area contributed by atoms with Crippen LogP contribution in [0.3, 0.4) is 0 Å². The van der Waals surface area contributed by atoms with Crippen molar-refractivity contribution in [1.29, 1.82) is 0 Å². The van der Waals surface area contributed by atoms with Crippen LogP contribution >= 0.6 is 0 Å². The van der Waals surface area contributed by atoms with Crippen molar-refractivity contribution in [1.82, 2.24) is 4.90 Å². The summed E-state index contributed by atoms with van der Waals surface area (Å²) in [6.45, 7) is 0. The van der Waals surface area contributed by atoms with Crippen LogP contribution in [0.15, 0.2) is 12.2 Å². The summed E-state index contributed by atoms with van der Waals surface area (Å²) in [7, 11) is 4.61. The van der Waals surface area contributed by atoms with Crippen LogP contribution in [0.5, 0.6) is 0 Å². The highest BCUT2D eigenvalue weighted by Crippen LogP contribution is 2.21. The van der Waals surface area contributed by atoms with E-state index < -0.39 is 6.09 Å². The molecule has 1 amide bonds. The predicted molar refractivity (Wildman–Crippen MR) is 70.4 cm³/mol. The first-order chi connectivity index (χ1) is 8.95. The SMILES string of the molecule is COC(=O)[C@H]1CC[C@H](OC(=O)N(C)C)/C=C/C[C@H]1N. The van der Waals surface area contributed by atoms with E-state index in [9.17, 15) is 9.59 Å². The summed E-state index contributed by atoms with van der Waals surface area (Å²) in [6.07, 6.45) is 4.63. The maximum atomic E-state index is 11.6. The molecule has 108 valence electrons. The van der Waals surface area contributed by atoms with Crippen molar-refractivity contribution in [3.8, 4) is 0 Å². The minimum absolute atomic E-state index is 0.255. The zero-order valence-corrected chi connectivity index (χ0v) is 11.7. The van der Waals surface area contributed by atoms with Gasteiger partial charge in [0.2, 0.25) is 0 Å². The Morgan fingerprint density at radius 1 is 1.32 bits per heavy atom. The Kier molecular flexibility index (Phi) is 5.82. The molecular weight excluding hydrogens is 248 g/mol. The third-order valence-corrected chi connectivity index (χ3v) is 3.16. The number of hydrogen-bond donors (Lipinski definition) is 1. The number of carbonyl (C=O) groups excluding carboxylic acids is 2. The molecule has 0 bridgehead atoms. The molecule has 0 unspecified atom stereocenters. The molecule has 3 atom stereocenters. The normalized spacial score (nSPS) is 28.7. The molecule has 0 aromatic heterocycles. The van der Waals surface area contributed by atoms with Crippen LogP contribution in [0.2, 0.25) is 0 Å². The summed E-state index contributed by atoms with van der Waals surface area (Å²) in [5.41, 5.74) is 5.95. The van der Waals surface area contributed by atoms with Gasteiger partial charge in [-0.15, -0.1) is 0 Å². The minimum Gasteiger partial charge on any atom is -0.469 e. The third kappa shape index (κ3) is 4.55. The molecular formula is C13H22N2O4. The van der Waals surface area contributed by atoms with Crippen LogP contribution in [-0.4, -0.2) is 50.3 Å². The average molecular weight is 270 g/mol. The van der Waals surface area contributed by atoms with Gasteiger partial charge in [0.05, 0.1) is 13.0 Å². The van der Waals surface area contributed by atoms with Crippen molar-refractivity contribution in [3.63, 3.8) is 0 Å². The number of methoxy groups -OCH3 is 1. The van der Waals surface area contributed by atoms with E-state index in [-0.39, 0.29) is 24.0 Å². The molecule has 19 heavy (non-hydrogen) atoms. The van der Waals surface area contributed by atoms with Crippen LogP contribution in [0, 0.1) is 5.92 Å². The number of carbonyl (C=O) groups is 2. The minimum atomic E-state index is -0.394. The van der Waals surface area contributed by atoms with E-state index in [2.05, 4.69) is 0 Å². The van der Waals surface area contributed by atoms with E-state index >= 15 is 0 Å². The van der Waals surface area contributed by atoms with Crippen LogP contribution in [0.1, 0.15) is 19.3 Å². The fourth-order valence-electron chi connectivity index (χ4n) is 1.98. The summed E-state index contributed by atoms with van der Waals surface area (Å²) < 4.78 is 10.0. The Morgan fingerprint density at radius 2 is 2.00 bits per heavy atom. The summed E-state index contributed by atoms with van der Waals surface area (Å²) >= 11 is 0. The van der Waals surface area contributed by atoms with Crippen molar-refractivity contribution < 1.29 is 19.1 Å². The molecule has 0 aliphatic heterocycles. The van der Waals surface area contributed by atoms with Gasteiger partial charge in [0.25, 0.3) is 0 Å². The molecule has 0 aromatic rings. The van der Waals surface area contributed by atoms with Crippen LogP contribution in [0.4, 0.5) is 4.79 Å². The second-order valence-corrected chi connectivity index (χ2v) is 4.85. The Morgan fingerprint density at radius 3 is 2.58 bits per heavy atom. The number of hydrogen-bond acceptors (Lipinski definition) is 5. The smallest absolute Gasteiger partial charge is 0.409 e. The molecule has 0 fully saturated rings. The van der Waals surface area contributed by atoms with Gasteiger partial charge in [-0.05, 0) is 25.3 Å². The molecule has 1 aliphatic rings. The third-order valence-electron chi connectivity index (χ3n) is 3.16. The number of nitrogens with two attached hydrogens (primary N) is 1. The lowest BCUT2D eigenvalue weighted by atomic mass is 9.89. The number of esters is 1. The number of nitrogens with zero attached hydrogens (tertiary/aromatic N) is 1. The van der Waals surface area contributed by atoms with Gasteiger partial charge >= 0.3 is 12.1 Å². The van der Waals surface area contributed by atoms with Gasteiger partial charge in [0, 0.05) is 20.1 Å². The lowest BCUT2D eigenvalue weighted by molar-refractivity contribution is -0.146. The van der Waals surface area contributed by atoms with Crippen LogP contribution < -0.4 is 5.73 Å². The van der Waals surface area contributed by atoms with Crippen molar-refractivity contribution in [3.05, 3.63) is 12.2 Å². The van der Waals surface area contributed by atoms with E-state index in [1.54, 1.807) is 14.1 Å². The fraction of sp³-hybridized carbons (Fsp3) is 0.692. The lowest BCUT2D eigenvalue weighted by Crippen LogP contribution is -2.38. The maximum Gasteiger partial charge on any atom is 0.409 e. The second-order valence-electron chi connectivity index (χ2n) is 4.85. The van der Waals surface area contributed by atoms with Gasteiger partial charge < -0.3 is 20.1 Å². The van der Waals surface area contributed by atoms with E-state index in [1.807, 2.05) is 12.2 Å². The topological polar surface area (TPSA) is 81.9 Å². The number of rotatable bonds is 2. The highest BCUT2D eigenvalue weighted by atomic mass is 16.6. The van der Waals surface area contributed by atoms with Gasteiger partial charge in [-0.2, -0.15) is 0 Å². The van der Waals surface area contributed by atoms with Crippen molar-refractivity contribution in [2.75, 3.05) is 21.2 Å². The van der Waals surface area contributed by atoms with E-state index in [0.717, 1.165) is 0 Å². The Hall–Kier alpha value is -1.56. The first-order valence-electron chi connectivity index (χ1n) is 6.33. The van der Waals surface area contributed by atoms with Gasteiger partial charge in [-0.1, -0.05) is 6.08 Å². The zero-order valence-electron chi connectivity index (χ0n) is 11.7. The zero-order chi connectivity index (χ0) is 14.4. The van der Waals surface area contributed by atoms with Crippen LogP contribution in [0.25, 0.3) is 0 Å². The van der Waals surface area contributed by atoms with Crippen molar-refractivity contribution >= 4 is 12.1 Å². The first-order valence-corrected chi connectivity index (χ1v) is 6.33. The standard InChI is InChI=1S/C13H22N2O4/c1-15(2)13(17)19-9-5-4-6-11(14)10(8-7-9)12(16)18-3/h4-5,9-11H,6-8,14H2,1-3H3/b5-4+/t9-,10+,11-/m1/s1. The molecule has 0 saturated carbocycles. The molecule has 0 saturated heterocycles. The highest BCUT2D eigenvalue weighted by molar-refractivity contribution is 5.73. The number of amides is 1. The van der Waals surface area contributed by atoms with Crippen LogP contribution in [-0.2, 0) is 14.3 Å². The lowest BCUT2D eigenvalue weighted by Gasteiger charge is -2.25. The highest BCUT2D eigenvalue weighted by Gasteiger charge is 2.28. The maximum absolute atomic E-state index is 11.6. The van der Waals surface area contributed by atoms with Gasteiger partial charge in [-0.25, -0.2) is 4.79 Å². The van der Waals surface area contributed by atoms with Gasteiger partial charge in [0.15, 0.2) is 0 Å². The van der Waals surface area contributed by atoms with E-state index in [1.165, 1.54) is 12.0 Å². The molecule has 0 aromatic carbocycles. The van der Waals surface area contributed by atoms with Gasteiger partial charge in [0.1, 0.15) is 6.10 Å². The monoisotopic (exact) mass is 270 g/mol. The predicted octanol–water partition coefficient (Wildman–Crippen LogP) is 0.910. The second kappa shape index (κ2) is 7.13. The summed E-state index contributed by atoms with van der Waals surface area (Å²) in [5, 5.41) is 0. The molecule has 1 rings (SSSR count). The Bertz CT molecular complexity index is 355. The molecule has 0 spiro atoms. The quantitative estimate of drug-likeness (QED) is 0.596. The summed E-state index contributed by atoms with van der Waals surface area (Å²) in [4.78, 5) is 24.5. The van der Waals surface area contributed by atoms with Gasteiger partial charge in [-0.3, -0.25) is 4.79 Å². The average Bonchev–Trinajstić information content (AvgIpc) is 2.35. The molecule has 2 N–H and O–H groups in total. The molecule has 0 heterocycles. The molecule has 0 radical (unpaired) electrons. The molecule has 1 aliphatic carbocycles. The van der Waals surface area contributed by atoms with E-state index in [4.69, 9.17) is 15.2 Å². The Labute approximate surface area is 113 Å². The largest absolute Gasteiger partial charge is 0.469 e. The van der Waals surface area contributed by atoms with Crippen molar-refractivity contribution in [2.24, 2.45) is 11.7 Å². The van der Waals surface area contributed by atoms with Crippen molar-refractivity contribution in [2.45, 2.75) is 31.4 Å². The Balaban J connectivity index is 2.65. The summed E-state index contributed by atoms with van der Waals surface area (Å²) in [5.74, 6) is -0.656.